The fraction of sp³-hybridized carbons (Fsp3) is 0.200. The molecule has 0 bridgehead atoms. The fourth-order valence-electron chi connectivity index (χ4n) is 0.439. The molecule has 0 aliphatic carbocycles. The molecule has 0 fully saturated rings. The topological polar surface area (TPSA) is 25.8 Å². The second-order valence-electron chi connectivity index (χ2n) is 1.57. The molecule has 0 radical (unpaired) electrons. The van der Waals surface area contributed by atoms with E-state index >= 15 is 0 Å². The smallest absolute Gasteiger partial charge is 0.127 e. The van der Waals surface area contributed by atoms with Gasteiger partial charge in [-0.15, -0.1) is 0 Å². The third kappa shape index (κ3) is 1.72. The van der Waals surface area contributed by atoms with Gasteiger partial charge in [0.15, 0.2) is 0 Å². The number of aryl methyl sites for hydroxylation is 1. The highest BCUT2D eigenvalue weighted by Crippen LogP contribution is 2.12. The number of aromatic nitrogens is 2. The molecule has 0 saturated carbocycles. The molecular weight excluding hydrogens is 248 g/mol. The molecule has 0 aromatic carbocycles. The Bertz CT molecular complexity index is 224. The minimum Gasteiger partial charge on any atom is -0.245 e. The number of hydrogen-bond acceptors (Lipinski definition) is 2. The van der Waals surface area contributed by atoms with Crippen molar-refractivity contribution in [2.45, 2.75) is 6.92 Å². The summed E-state index contributed by atoms with van der Waals surface area (Å²) in [5.74, 6) is 0. The highest BCUT2D eigenvalue weighted by atomic mass is 79.9. The van der Waals surface area contributed by atoms with Crippen molar-refractivity contribution >= 4 is 31.9 Å². The third-order valence-corrected chi connectivity index (χ3v) is 2.02. The van der Waals surface area contributed by atoms with Crippen LogP contribution in [0.1, 0.15) is 5.69 Å². The first-order valence-electron chi connectivity index (χ1n) is 2.35. The van der Waals surface area contributed by atoms with Crippen LogP contribution in [0.5, 0.6) is 0 Å². The van der Waals surface area contributed by atoms with Gasteiger partial charge in [0.1, 0.15) is 9.21 Å². The van der Waals surface area contributed by atoms with Gasteiger partial charge in [0.05, 0.1) is 11.9 Å². The lowest BCUT2D eigenvalue weighted by molar-refractivity contribution is 1.06. The van der Waals surface area contributed by atoms with Crippen LogP contribution in [0.3, 0.4) is 0 Å². The molecule has 0 spiro atoms. The van der Waals surface area contributed by atoms with Crippen molar-refractivity contribution < 1.29 is 0 Å². The SMILES string of the molecule is Cc1nc(Br)cnc1Br. The van der Waals surface area contributed by atoms with Crippen LogP contribution >= 0.6 is 31.9 Å². The van der Waals surface area contributed by atoms with Crippen LogP contribution < -0.4 is 0 Å². The molecule has 1 aromatic rings. The molecule has 2 nitrogen and oxygen atoms in total. The summed E-state index contributed by atoms with van der Waals surface area (Å²) < 4.78 is 1.56. The van der Waals surface area contributed by atoms with Gasteiger partial charge in [0, 0.05) is 0 Å². The zero-order valence-electron chi connectivity index (χ0n) is 4.73. The summed E-state index contributed by atoms with van der Waals surface area (Å²) in [5.41, 5.74) is 0.893. The minimum absolute atomic E-state index is 0.767. The standard InChI is InChI=1S/C5H4Br2N2/c1-3-5(7)8-2-4(6)9-3/h2H,1H3. The van der Waals surface area contributed by atoms with Crippen molar-refractivity contribution in [3.63, 3.8) is 0 Å². The summed E-state index contributed by atoms with van der Waals surface area (Å²) in [7, 11) is 0. The second-order valence-corrected chi connectivity index (χ2v) is 3.13. The Morgan fingerprint density at radius 1 is 1.44 bits per heavy atom. The monoisotopic (exact) mass is 250 g/mol. The molecule has 1 aromatic heterocycles. The Hall–Kier alpha value is 0.0400. The molecule has 1 heterocycles. The van der Waals surface area contributed by atoms with Crippen molar-refractivity contribution in [1.29, 1.82) is 0 Å². The van der Waals surface area contributed by atoms with E-state index in [1.807, 2.05) is 6.92 Å². The van der Waals surface area contributed by atoms with E-state index in [0.717, 1.165) is 14.9 Å². The first kappa shape index (κ1) is 7.15. The minimum atomic E-state index is 0.767. The largest absolute Gasteiger partial charge is 0.245 e. The van der Waals surface area contributed by atoms with E-state index in [2.05, 4.69) is 41.8 Å². The van der Waals surface area contributed by atoms with E-state index in [1.54, 1.807) is 6.20 Å². The highest BCUT2D eigenvalue weighted by Gasteiger charge is 1.95. The predicted molar refractivity (Wildman–Crippen MR) is 42.2 cm³/mol. The summed E-state index contributed by atoms with van der Waals surface area (Å²) in [6, 6.07) is 0. The van der Waals surface area contributed by atoms with Gasteiger partial charge in [-0.2, -0.15) is 0 Å². The van der Waals surface area contributed by atoms with Crippen LogP contribution in [0.15, 0.2) is 15.4 Å². The van der Waals surface area contributed by atoms with Gasteiger partial charge in [-0.05, 0) is 38.8 Å². The summed E-state index contributed by atoms with van der Waals surface area (Å²) >= 11 is 6.44. The van der Waals surface area contributed by atoms with Crippen molar-refractivity contribution in [1.82, 2.24) is 9.97 Å². The predicted octanol–water partition coefficient (Wildman–Crippen LogP) is 2.31. The Morgan fingerprint density at radius 2 is 2.11 bits per heavy atom. The lowest BCUT2D eigenvalue weighted by atomic mass is 10.5. The fourth-order valence-corrected chi connectivity index (χ4v) is 0.998. The summed E-state index contributed by atoms with van der Waals surface area (Å²) in [5, 5.41) is 0. The molecule has 9 heavy (non-hydrogen) atoms. The third-order valence-electron chi connectivity index (χ3n) is 0.857. The molecule has 48 valence electrons. The van der Waals surface area contributed by atoms with Gasteiger partial charge in [0.25, 0.3) is 0 Å². The van der Waals surface area contributed by atoms with E-state index in [0.29, 0.717) is 0 Å². The number of hydrogen-bond donors (Lipinski definition) is 0. The number of halogens is 2. The zero-order valence-corrected chi connectivity index (χ0v) is 7.90. The Morgan fingerprint density at radius 3 is 2.56 bits per heavy atom. The molecule has 0 aliphatic rings. The van der Waals surface area contributed by atoms with Gasteiger partial charge >= 0.3 is 0 Å². The maximum absolute atomic E-state index is 4.08. The Labute approximate surface area is 70.0 Å². The first-order valence-corrected chi connectivity index (χ1v) is 3.93. The Kier molecular flexibility index (Phi) is 2.18. The molecule has 1 rings (SSSR count). The van der Waals surface area contributed by atoms with Crippen LogP contribution in [0, 0.1) is 6.92 Å². The number of nitrogens with zero attached hydrogens (tertiary/aromatic N) is 2. The van der Waals surface area contributed by atoms with Crippen LogP contribution in [-0.4, -0.2) is 9.97 Å². The normalized spacial score (nSPS) is 9.67. The van der Waals surface area contributed by atoms with E-state index < -0.39 is 0 Å². The second kappa shape index (κ2) is 2.75. The van der Waals surface area contributed by atoms with Crippen molar-refractivity contribution in [3.05, 3.63) is 21.1 Å². The highest BCUT2D eigenvalue weighted by molar-refractivity contribution is 9.10. The van der Waals surface area contributed by atoms with Crippen molar-refractivity contribution in [2.24, 2.45) is 0 Å². The van der Waals surface area contributed by atoms with Crippen molar-refractivity contribution in [3.8, 4) is 0 Å². The van der Waals surface area contributed by atoms with Gasteiger partial charge in [-0.1, -0.05) is 0 Å². The maximum atomic E-state index is 4.08. The molecule has 4 heteroatoms. The molecule has 0 N–H and O–H groups in total. The Balaban J connectivity index is 3.17. The van der Waals surface area contributed by atoms with Gasteiger partial charge in [-0.3, -0.25) is 0 Å². The summed E-state index contributed by atoms with van der Waals surface area (Å²) in [4.78, 5) is 8.07. The van der Waals surface area contributed by atoms with E-state index in [1.165, 1.54) is 0 Å². The summed E-state index contributed by atoms with van der Waals surface area (Å²) in [6.07, 6.45) is 1.65. The van der Waals surface area contributed by atoms with Crippen LogP contribution in [0.25, 0.3) is 0 Å². The van der Waals surface area contributed by atoms with E-state index in [9.17, 15) is 0 Å². The van der Waals surface area contributed by atoms with Gasteiger partial charge < -0.3 is 0 Å². The molecule has 0 saturated heterocycles. The quantitative estimate of drug-likeness (QED) is 0.707. The van der Waals surface area contributed by atoms with E-state index in [4.69, 9.17) is 0 Å². The molecule has 0 aliphatic heterocycles. The maximum Gasteiger partial charge on any atom is 0.127 e. The first-order chi connectivity index (χ1) is 4.20. The van der Waals surface area contributed by atoms with Crippen LogP contribution in [-0.2, 0) is 0 Å². The summed E-state index contributed by atoms with van der Waals surface area (Å²) in [6.45, 7) is 1.89. The van der Waals surface area contributed by atoms with Gasteiger partial charge in [0.2, 0.25) is 0 Å². The van der Waals surface area contributed by atoms with E-state index in [-0.39, 0.29) is 0 Å². The van der Waals surface area contributed by atoms with Gasteiger partial charge in [-0.25, -0.2) is 9.97 Å². The lowest BCUT2D eigenvalue weighted by Crippen LogP contribution is -1.86. The number of rotatable bonds is 0. The zero-order chi connectivity index (χ0) is 6.85. The molecule has 0 unspecified atom stereocenters. The average Bonchev–Trinajstić information content (AvgIpc) is 1.80. The van der Waals surface area contributed by atoms with Crippen molar-refractivity contribution in [2.75, 3.05) is 0 Å². The molecule has 0 atom stereocenters. The molecular formula is C5H4Br2N2. The lowest BCUT2D eigenvalue weighted by Gasteiger charge is -1.93. The molecule has 0 amide bonds. The van der Waals surface area contributed by atoms with Crippen LogP contribution in [0.2, 0.25) is 0 Å². The van der Waals surface area contributed by atoms with Crippen LogP contribution in [0.4, 0.5) is 0 Å². The average molecular weight is 252 g/mol.